The number of rotatable bonds is 5. The van der Waals surface area contributed by atoms with Crippen molar-refractivity contribution in [2.45, 2.75) is 52.7 Å². The molecule has 0 unspecified atom stereocenters. The van der Waals surface area contributed by atoms with Crippen molar-refractivity contribution in [3.63, 3.8) is 0 Å². The fourth-order valence-corrected chi connectivity index (χ4v) is 3.98. The molecule has 0 radical (unpaired) electrons. The number of carbonyl (C=O) groups excluding carboxylic acids is 1. The molecular formula is C23H29NO3. The third-order valence-corrected chi connectivity index (χ3v) is 5.13. The van der Waals surface area contributed by atoms with Gasteiger partial charge in [0.1, 0.15) is 0 Å². The molecule has 144 valence electrons. The highest BCUT2D eigenvalue weighted by atomic mass is 16.5. The molecule has 27 heavy (non-hydrogen) atoms. The lowest BCUT2D eigenvalue weighted by Crippen LogP contribution is -2.22. The van der Waals surface area contributed by atoms with Gasteiger partial charge in [-0.2, -0.15) is 0 Å². The first kappa shape index (κ1) is 19.4. The normalized spacial score (nSPS) is 16.7. The van der Waals surface area contributed by atoms with E-state index in [1.807, 2.05) is 31.2 Å². The number of fused-ring (bicyclic) bond motifs is 1. The van der Waals surface area contributed by atoms with Gasteiger partial charge in [-0.25, -0.2) is 4.79 Å². The molecule has 3 rings (SSSR count). The van der Waals surface area contributed by atoms with Crippen molar-refractivity contribution >= 4 is 17.3 Å². The molecule has 0 aliphatic carbocycles. The molecular weight excluding hydrogens is 338 g/mol. The summed E-state index contributed by atoms with van der Waals surface area (Å²) >= 11 is 0. The predicted molar refractivity (Wildman–Crippen MR) is 109 cm³/mol. The number of benzene rings is 2. The van der Waals surface area contributed by atoms with Crippen LogP contribution in [-0.4, -0.2) is 19.1 Å². The van der Waals surface area contributed by atoms with Gasteiger partial charge in [-0.05, 0) is 89.1 Å². The topological polar surface area (TPSA) is 38.8 Å². The van der Waals surface area contributed by atoms with Crippen LogP contribution >= 0.6 is 0 Å². The molecule has 0 aromatic heterocycles. The SMILES string of the molecule is CCOC(=O)c1ccc(N(CC)c2ccc3c(c2)C(C)(C)OC3(C)C)cc1. The van der Waals surface area contributed by atoms with Crippen LogP contribution in [0.4, 0.5) is 11.4 Å². The number of hydrogen-bond donors (Lipinski definition) is 0. The molecule has 0 spiro atoms. The quantitative estimate of drug-likeness (QED) is 0.652. The van der Waals surface area contributed by atoms with Gasteiger partial charge >= 0.3 is 5.97 Å². The minimum absolute atomic E-state index is 0.282. The second-order valence-electron chi connectivity index (χ2n) is 7.86. The summed E-state index contributed by atoms with van der Waals surface area (Å²) in [6.45, 7) is 13.6. The van der Waals surface area contributed by atoms with Crippen molar-refractivity contribution in [2.75, 3.05) is 18.1 Å². The lowest BCUT2D eigenvalue weighted by Gasteiger charge is -2.26. The number of nitrogens with zero attached hydrogens (tertiary/aromatic N) is 1. The Morgan fingerprint density at radius 1 is 0.926 bits per heavy atom. The first-order valence-corrected chi connectivity index (χ1v) is 9.59. The molecule has 4 heteroatoms. The van der Waals surface area contributed by atoms with Gasteiger partial charge in [0.2, 0.25) is 0 Å². The molecule has 0 saturated carbocycles. The first-order chi connectivity index (χ1) is 12.7. The average Bonchev–Trinajstić information content (AvgIpc) is 2.80. The lowest BCUT2D eigenvalue weighted by atomic mass is 9.90. The minimum atomic E-state index is -0.317. The van der Waals surface area contributed by atoms with E-state index in [9.17, 15) is 4.79 Å². The third-order valence-electron chi connectivity index (χ3n) is 5.13. The molecule has 1 aliphatic rings. The maximum Gasteiger partial charge on any atom is 0.338 e. The molecule has 0 saturated heterocycles. The fraction of sp³-hybridized carbons (Fsp3) is 0.435. The Morgan fingerprint density at radius 3 is 2.11 bits per heavy atom. The van der Waals surface area contributed by atoms with E-state index in [-0.39, 0.29) is 17.2 Å². The van der Waals surface area contributed by atoms with E-state index in [1.165, 1.54) is 11.1 Å². The van der Waals surface area contributed by atoms with Gasteiger partial charge in [0.05, 0.1) is 23.4 Å². The van der Waals surface area contributed by atoms with Gasteiger partial charge in [0.25, 0.3) is 0 Å². The maximum atomic E-state index is 11.9. The zero-order chi connectivity index (χ0) is 19.8. The fourth-order valence-electron chi connectivity index (χ4n) is 3.98. The van der Waals surface area contributed by atoms with E-state index in [0.717, 1.165) is 17.9 Å². The molecule has 2 aromatic carbocycles. The van der Waals surface area contributed by atoms with Crippen molar-refractivity contribution in [2.24, 2.45) is 0 Å². The Kier molecular flexibility index (Phi) is 5.04. The Morgan fingerprint density at radius 2 is 1.52 bits per heavy atom. The zero-order valence-corrected chi connectivity index (χ0v) is 17.1. The van der Waals surface area contributed by atoms with Gasteiger partial charge in [0, 0.05) is 17.9 Å². The monoisotopic (exact) mass is 367 g/mol. The van der Waals surface area contributed by atoms with Crippen molar-refractivity contribution < 1.29 is 14.3 Å². The largest absolute Gasteiger partial charge is 0.462 e. The average molecular weight is 367 g/mol. The maximum absolute atomic E-state index is 11.9. The van der Waals surface area contributed by atoms with Crippen LogP contribution in [-0.2, 0) is 20.7 Å². The van der Waals surface area contributed by atoms with Crippen LogP contribution < -0.4 is 4.90 Å². The highest BCUT2D eigenvalue weighted by Gasteiger charge is 2.43. The van der Waals surface area contributed by atoms with Gasteiger partial charge in [-0.15, -0.1) is 0 Å². The summed E-state index contributed by atoms with van der Waals surface area (Å²) in [6, 6.07) is 14.1. The van der Waals surface area contributed by atoms with Crippen molar-refractivity contribution in [3.05, 3.63) is 59.2 Å². The Hall–Kier alpha value is -2.33. The molecule has 2 aromatic rings. The third kappa shape index (κ3) is 3.59. The predicted octanol–water partition coefficient (Wildman–Crippen LogP) is 5.52. The molecule has 0 bridgehead atoms. The highest BCUT2D eigenvalue weighted by molar-refractivity contribution is 5.90. The minimum Gasteiger partial charge on any atom is -0.462 e. The van der Waals surface area contributed by atoms with Gasteiger partial charge in [-0.1, -0.05) is 6.07 Å². The van der Waals surface area contributed by atoms with Crippen LogP contribution in [0.3, 0.4) is 0 Å². The van der Waals surface area contributed by atoms with Crippen molar-refractivity contribution in [3.8, 4) is 0 Å². The van der Waals surface area contributed by atoms with Crippen molar-refractivity contribution in [1.82, 2.24) is 0 Å². The lowest BCUT2D eigenvalue weighted by molar-refractivity contribution is -0.105. The van der Waals surface area contributed by atoms with E-state index in [4.69, 9.17) is 9.47 Å². The van der Waals surface area contributed by atoms with Crippen LogP contribution in [0.15, 0.2) is 42.5 Å². The summed E-state index contributed by atoms with van der Waals surface area (Å²) < 4.78 is 11.3. The molecule has 1 heterocycles. The van der Waals surface area contributed by atoms with Gasteiger partial charge in [-0.3, -0.25) is 0 Å². The van der Waals surface area contributed by atoms with Gasteiger partial charge < -0.3 is 14.4 Å². The second kappa shape index (κ2) is 7.01. The molecule has 0 atom stereocenters. The van der Waals surface area contributed by atoms with E-state index in [0.29, 0.717) is 12.2 Å². The van der Waals surface area contributed by atoms with Crippen LogP contribution in [0, 0.1) is 0 Å². The number of hydrogen-bond acceptors (Lipinski definition) is 4. The summed E-state index contributed by atoms with van der Waals surface area (Å²) in [5.74, 6) is -0.286. The Bertz CT molecular complexity index is 837. The summed E-state index contributed by atoms with van der Waals surface area (Å²) in [7, 11) is 0. The molecule has 0 fully saturated rings. The van der Waals surface area contributed by atoms with E-state index >= 15 is 0 Å². The molecule has 4 nitrogen and oxygen atoms in total. The smallest absolute Gasteiger partial charge is 0.338 e. The van der Waals surface area contributed by atoms with Crippen LogP contribution in [0.1, 0.15) is 63.0 Å². The number of carbonyl (C=O) groups is 1. The Labute approximate surface area is 162 Å². The van der Waals surface area contributed by atoms with Gasteiger partial charge in [0.15, 0.2) is 0 Å². The molecule has 0 amide bonds. The second-order valence-corrected chi connectivity index (χ2v) is 7.86. The summed E-state index contributed by atoms with van der Waals surface area (Å²) in [5.41, 5.74) is 4.60. The van der Waals surface area contributed by atoms with Crippen molar-refractivity contribution in [1.29, 1.82) is 0 Å². The number of esters is 1. The summed E-state index contributed by atoms with van der Waals surface area (Å²) in [4.78, 5) is 14.1. The Balaban J connectivity index is 1.94. The van der Waals surface area contributed by atoms with E-state index in [1.54, 1.807) is 0 Å². The molecule has 0 N–H and O–H groups in total. The van der Waals surface area contributed by atoms with E-state index in [2.05, 4.69) is 57.7 Å². The highest BCUT2D eigenvalue weighted by Crippen LogP contribution is 2.48. The summed E-state index contributed by atoms with van der Waals surface area (Å²) in [5, 5.41) is 0. The first-order valence-electron chi connectivity index (χ1n) is 9.59. The molecule has 1 aliphatic heterocycles. The zero-order valence-electron chi connectivity index (χ0n) is 17.1. The summed E-state index contributed by atoms with van der Waals surface area (Å²) in [6.07, 6.45) is 0. The van der Waals surface area contributed by atoms with Crippen LogP contribution in [0.25, 0.3) is 0 Å². The standard InChI is InChI=1S/C23H29NO3/c1-7-24(17-11-9-16(10-12-17)21(25)26-8-2)18-13-14-19-20(15-18)23(5,6)27-22(19,3)4/h9-15H,7-8H2,1-6H3. The van der Waals surface area contributed by atoms with Crippen LogP contribution in [0.2, 0.25) is 0 Å². The van der Waals surface area contributed by atoms with Crippen LogP contribution in [0.5, 0.6) is 0 Å². The number of ether oxygens (including phenoxy) is 2. The number of anilines is 2. The van der Waals surface area contributed by atoms with E-state index < -0.39 is 0 Å².